The molecule has 0 aliphatic heterocycles. The fourth-order valence-corrected chi connectivity index (χ4v) is 4.02. The van der Waals surface area contributed by atoms with E-state index >= 15 is 0 Å². The third-order valence-electron chi connectivity index (χ3n) is 4.23. The second-order valence-electron chi connectivity index (χ2n) is 6.26. The summed E-state index contributed by atoms with van der Waals surface area (Å²) < 4.78 is 26.8. The van der Waals surface area contributed by atoms with Crippen LogP contribution in [0.25, 0.3) is 0 Å². The summed E-state index contributed by atoms with van der Waals surface area (Å²) >= 11 is 0. The van der Waals surface area contributed by atoms with Gasteiger partial charge >= 0.3 is 0 Å². The summed E-state index contributed by atoms with van der Waals surface area (Å²) in [6.07, 6.45) is 3.47. The van der Waals surface area contributed by atoms with Crippen LogP contribution in [0.5, 0.6) is 0 Å². The average Bonchev–Trinajstić information content (AvgIpc) is 3.20. The highest BCUT2D eigenvalue weighted by atomic mass is 32.2. The molecule has 6 heteroatoms. The molecule has 0 bridgehead atoms. The maximum absolute atomic E-state index is 12.1. The maximum Gasteiger partial charge on any atom is 0.240 e. The van der Waals surface area contributed by atoms with Crippen LogP contribution in [-0.4, -0.2) is 39.3 Å². The summed E-state index contributed by atoms with van der Waals surface area (Å²) in [5.41, 5.74) is 1.00. The van der Waals surface area contributed by atoms with E-state index in [1.807, 2.05) is 19.2 Å². The second-order valence-corrected chi connectivity index (χ2v) is 7.98. The molecule has 3 rings (SSSR count). The highest BCUT2D eigenvalue weighted by Crippen LogP contribution is 2.29. The van der Waals surface area contributed by atoms with Crippen molar-refractivity contribution in [1.29, 1.82) is 0 Å². The van der Waals surface area contributed by atoms with Crippen LogP contribution in [0.15, 0.2) is 29.2 Å². The van der Waals surface area contributed by atoms with Crippen molar-refractivity contribution in [3.63, 3.8) is 0 Å². The molecule has 0 amide bonds. The van der Waals surface area contributed by atoms with Gasteiger partial charge in [-0.25, -0.2) is 13.1 Å². The fourth-order valence-electron chi connectivity index (χ4n) is 2.71. The van der Waals surface area contributed by atoms with Crippen LogP contribution in [-0.2, 0) is 10.0 Å². The topological polar surface area (TPSA) is 69.6 Å². The molecule has 2 fully saturated rings. The zero-order chi connectivity index (χ0) is 15.0. The lowest BCUT2D eigenvalue weighted by Gasteiger charge is -2.35. The second kappa shape index (κ2) is 5.59. The molecule has 0 unspecified atom stereocenters. The quantitative estimate of drug-likeness (QED) is 0.832. The Balaban J connectivity index is 1.62. The lowest BCUT2D eigenvalue weighted by molar-refractivity contribution is 0.0465. The molecule has 2 aliphatic carbocycles. The van der Waals surface area contributed by atoms with Gasteiger partial charge < -0.3 is 10.0 Å². The van der Waals surface area contributed by atoms with Crippen LogP contribution in [0.3, 0.4) is 0 Å². The Bertz CT molecular complexity index is 590. The minimum Gasteiger partial charge on any atom is -0.393 e. The Kier molecular flexibility index (Phi) is 3.94. The zero-order valence-corrected chi connectivity index (χ0v) is 13.0. The Hall–Kier alpha value is -1.11. The minimum absolute atomic E-state index is 0.127. The molecular formula is C15H22N2O3S. The van der Waals surface area contributed by atoms with Gasteiger partial charge in [0.25, 0.3) is 0 Å². The van der Waals surface area contributed by atoms with Crippen molar-refractivity contribution in [1.82, 2.24) is 4.72 Å². The van der Waals surface area contributed by atoms with E-state index in [9.17, 15) is 13.5 Å². The van der Waals surface area contributed by atoms with Crippen molar-refractivity contribution in [2.75, 3.05) is 18.5 Å². The third kappa shape index (κ3) is 3.56. The lowest BCUT2D eigenvalue weighted by Crippen LogP contribution is -2.37. The number of hydrogen-bond donors (Lipinski definition) is 2. The normalized spacial score (nSPS) is 25.4. The van der Waals surface area contributed by atoms with E-state index < -0.39 is 10.0 Å². The minimum atomic E-state index is -3.36. The summed E-state index contributed by atoms with van der Waals surface area (Å²) in [7, 11) is -1.37. The van der Waals surface area contributed by atoms with Crippen LogP contribution >= 0.6 is 0 Å². The average molecular weight is 310 g/mol. The number of aliphatic hydroxyl groups is 1. The first-order chi connectivity index (χ1) is 9.94. The molecule has 2 aliphatic rings. The van der Waals surface area contributed by atoms with Gasteiger partial charge in [-0.05, 0) is 55.9 Å². The van der Waals surface area contributed by atoms with Crippen molar-refractivity contribution in [3.8, 4) is 0 Å². The molecule has 0 saturated heterocycles. The molecule has 0 heterocycles. The number of nitrogens with one attached hydrogen (secondary N) is 1. The van der Waals surface area contributed by atoms with Crippen molar-refractivity contribution < 1.29 is 13.5 Å². The van der Waals surface area contributed by atoms with Gasteiger partial charge in [-0.15, -0.1) is 0 Å². The highest BCUT2D eigenvalue weighted by Gasteiger charge is 2.29. The van der Waals surface area contributed by atoms with Crippen LogP contribution in [0, 0.1) is 5.92 Å². The molecule has 1 aromatic rings. The van der Waals surface area contributed by atoms with Gasteiger partial charge in [0.2, 0.25) is 10.0 Å². The number of sulfonamides is 1. The molecule has 2 saturated carbocycles. The Morgan fingerprint density at radius 2 is 1.86 bits per heavy atom. The van der Waals surface area contributed by atoms with E-state index in [-0.39, 0.29) is 12.1 Å². The van der Waals surface area contributed by atoms with E-state index in [0.717, 1.165) is 37.9 Å². The van der Waals surface area contributed by atoms with Gasteiger partial charge in [0.15, 0.2) is 0 Å². The van der Waals surface area contributed by atoms with Crippen LogP contribution in [0.1, 0.15) is 25.7 Å². The first kappa shape index (κ1) is 14.8. The van der Waals surface area contributed by atoms with Gasteiger partial charge in [-0.3, -0.25) is 0 Å². The van der Waals surface area contributed by atoms with Gasteiger partial charge in [-0.2, -0.15) is 0 Å². The zero-order valence-electron chi connectivity index (χ0n) is 12.2. The molecule has 0 aromatic heterocycles. The number of rotatable bonds is 6. The van der Waals surface area contributed by atoms with Crippen molar-refractivity contribution >= 4 is 15.7 Å². The van der Waals surface area contributed by atoms with E-state index in [1.54, 1.807) is 12.1 Å². The first-order valence-electron chi connectivity index (χ1n) is 7.45. The van der Waals surface area contributed by atoms with Gasteiger partial charge in [0.05, 0.1) is 11.0 Å². The lowest BCUT2D eigenvalue weighted by atomic mass is 9.82. The van der Waals surface area contributed by atoms with Gasteiger partial charge in [0.1, 0.15) is 0 Å². The smallest absolute Gasteiger partial charge is 0.240 e. The van der Waals surface area contributed by atoms with Gasteiger partial charge in [-0.1, -0.05) is 0 Å². The first-order valence-corrected chi connectivity index (χ1v) is 8.94. The monoisotopic (exact) mass is 310 g/mol. The Labute approximate surface area is 126 Å². The van der Waals surface area contributed by atoms with Gasteiger partial charge in [0, 0.05) is 25.3 Å². The molecule has 0 spiro atoms. The molecule has 1 aromatic carbocycles. The third-order valence-corrected chi connectivity index (χ3v) is 5.77. The molecular weight excluding hydrogens is 288 g/mol. The van der Waals surface area contributed by atoms with Crippen molar-refractivity contribution in [2.45, 2.75) is 42.7 Å². The number of anilines is 1. The van der Waals surface area contributed by atoms with Crippen LogP contribution in [0.4, 0.5) is 5.69 Å². The summed E-state index contributed by atoms with van der Waals surface area (Å²) in [5, 5.41) is 9.31. The van der Waals surface area contributed by atoms with E-state index in [4.69, 9.17) is 0 Å². The molecule has 0 atom stereocenters. The highest BCUT2D eigenvalue weighted by molar-refractivity contribution is 7.89. The molecule has 5 nitrogen and oxygen atoms in total. The largest absolute Gasteiger partial charge is 0.393 e. The maximum atomic E-state index is 12.1. The standard InChI is InChI=1S/C15H22N2O3S/c1-17(10-11-8-14(18)9-11)13-4-6-15(7-5-13)21(19,20)16-12-2-3-12/h4-7,11-12,14,16,18H,2-3,8-10H2,1H3. The molecule has 116 valence electrons. The number of nitrogens with zero attached hydrogens (tertiary/aromatic N) is 1. The summed E-state index contributed by atoms with van der Waals surface area (Å²) in [6, 6.07) is 7.13. The van der Waals surface area contributed by atoms with Crippen molar-refractivity contribution in [3.05, 3.63) is 24.3 Å². The summed E-state index contributed by atoms with van der Waals surface area (Å²) in [5.74, 6) is 0.532. The molecule has 21 heavy (non-hydrogen) atoms. The SMILES string of the molecule is CN(CC1CC(O)C1)c1ccc(S(=O)(=O)NC2CC2)cc1. The predicted octanol–water partition coefficient (Wildman–Crippen LogP) is 1.33. The Morgan fingerprint density at radius 1 is 1.24 bits per heavy atom. The van der Waals surface area contributed by atoms with Crippen LogP contribution < -0.4 is 9.62 Å². The Morgan fingerprint density at radius 3 is 2.38 bits per heavy atom. The van der Waals surface area contributed by atoms with E-state index in [2.05, 4.69) is 9.62 Å². The molecule has 0 radical (unpaired) electrons. The van der Waals surface area contributed by atoms with Crippen molar-refractivity contribution in [2.24, 2.45) is 5.92 Å². The van der Waals surface area contributed by atoms with E-state index in [0.29, 0.717) is 10.8 Å². The van der Waals surface area contributed by atoms with Crippen LogP contribution in [0.2, 0.25) is 0 Å². The number of hydrogen-bond acceptors (Lipinski definition) is 4. The predicted molar refractivity (Wildman–Crippen MR) is 81.8 cm³/mol. The fraction of sp³-hybridized carbons (Fsp3) is 0.600. The molecule has 2 N–H and O–H groups in total. The summed E-state index contributed by atoms with van der Waals surface area (Å²) in [4.78, 5) is 2.44. The van der Waals surface area contributed by atoms with E-state index in [1.165, 1.54) is 0 Å². The number of benzene rings is 1. The number of aliphatic hydroxyl groups excluding tert-OH is 1. The summed E-state index contributed by atoms with van der Waals surface area (Å²) in [6.45, 7) is 0.892.